The van der Waals surface area contributed by atoms with Crippen molar-refractivity contribution in [2.24, 2.45) is 4.99 Å². The Hall–Kier alpha value is -4.47. The van der Waals surface area contributed by atoms with Crippen molar-refractivity contribution in [2.75, 3.05) is 44.9 Å². The number of esters is 1. The number of morpholine rings is 1. The molecule has 9 heteroatoms. The molecule has 3 aromatic carbocycles. The first-order valence-corrected chi connectivity index (χ1v) is 14.7. The molecule has 0 radical (unpaired) electrons. The van der Waals surface area contributed by atoms with Crippen LogP contribution in [0.4, 0.5) is 5.69 Å². The van der Waals surface area contributed by atoms with E-state index in [1.54, 1.807) is 18.6 Å². The zero-order valence-electron chi connectivity index (χ0n) is 23.5. The Labute approximate surface area is 247 Å². The summed E-state index contributed by atoms with van der Waals surface area (Å²) in [5, 5.41) is 0. The number of fused-ring (bicyclic) bond motifs is 1. The molecule has 8 nitrogen and oxygen atoms in total. The molecule has 1 atom stereocenters. The molecule has 0 amide bonds. The van der Waals surface area contributed by atoms with E-state index in [0.717, 1.165) is 48.7 Å². The fourth-order valence-corrected chi connectivity index (χ4v) is 6.32. The van der Waals surface area contributed by atoms with Crippen molar-refractivity contribution in [3.05, 3.63) is 121 Å². The second-order valence-corrected chi connectivity index (χ2v) is 10.9. The van der Waals surface area contributed by atoms with Crippen molar-refractivity contribution in [3.63, 3.8) is 0 Å². The molecule has 0 saturated carbocycles. The summed E-state index contributed by atoms with van der Waals surface area (Å²) in [7, 11) is 1.59. The zero-order chi connectivity index (χ0) is 29.1. The summed E-state index contributed by atoms with van der Waals surface area (Å²) < 4.78 is 18.6. The molecule has 42 heavy (non-hydrogen) atoms. The lowest BCUT2D eigenvalue weighted by Gasteiger charge is -2.28. The molecule has 0 N–H and O–H groups in total. The number of thiazole rings is 1. The van der Waals surface area contributed by atoms with Gasteiger partial charge in [-0.05, 0) is 48.4 Å². The molecule has 4 aromatic rings. The van der Waals surface area contributed by atoms with E-state index in [-0.39, 0.29) is 12.2 Å². The van der Waals surface area contributed by atoms with E-state index in [1.165, 1.54) is 11.3 Å². The standard InChI is InChI=1S/C33H31N3O5S/c1-3-41-32(38)28-29(23-8-5-4-6-9-23)34-33-36(30(28)24-10-7-11-26(21-24)39-2)31(37)27(42-33)20-22-12-14-25(15-13-22)35-16-18-40-19-17-35/h4-15,20-21,30H,3,16-19H2,1-2H3/b27-20+/t30-/m1/s1. The molecule has 1 saturated heterocycles. The Kier molecular flexibility index (Phi) is 8.03. The SMILES string of the molecule is CCOC(=O)C1=C(c2ccccc2)N=c2s/c(=C/c3ccc(N4CCOCC4)cc3)c(=O)n2[C@@H]1c1cccc(OC)c1. The third-order valence-electron chi connectivity index (χ3n) is 7.35. The van der Waals surface area contributed by atoms with Crippen LogP contribution in [0.3, 0.4) is 0 Å². The average molecular weight is 582 g/mol. The van der Waals surface area contributed by atoms with E-state index >= 15 is 0 Å². The molecule has 2 aliphatic heterocycles. The minimum absolute atomic E-state index is 0.195. The van der Waals surface area contributed by atoms with Gasteiger partial charge in [0.15, 0.2) is 4.80 Å². The molecule has 0 unspecified atom stereocenters. The van der Waals surface area contributed by atoms with Gasteiger partial charge in [0.1, 0.15) is 5.75 Å². The predicted molar refractivity (Wildman–Crippen MR) is 164 cm³/mol. The highest BCUT2D eigenvalue weighted by Crippen LogP contribution is 2.36. The first kappa shape index (κ1) is 27.7. The van der Waals surface area contributed by atoms with Gasteiger partial charge in [0.05, 0.1) is 48.8 Å². The highest BCUT2D eigenvalue weighted by atomic mass is 32.1. The quantitative estimate of drug-likeness (QED) is 0.309. The average Bonchev–Trinajstić information content (AvgIpc) is 3.35. The number of hydrogen-bond donors (Lipinski definition) is 0. The lowest BCUT2D eigenvalue weighted by atomic mass is 9.93. The molecule has 3 heterocycles. The van der Waals surface area contributed by atoms with E-state index < -0.39 is 12.0 Å². The van der Waals surface area contributed by atoms with Gasteiger partial charge in [-0.2, -0.15) is 0 Å². The number of nitrogens with zero attached hydrogens (tertiary/aromatic N) is 3. The maximum Gasteiger partial charge on any atom is 0.338 e. The minimum atomic E-state index is -0.753. The molecule has 0 aliphatic carbocycles. The second-order valence-electron chi connectivity index (χ2n) is 9.90. The summed E-state index contributed by atoms with van der Waals surface area (Å²) in [5.41, 5.74) is 4.10. The number of ether oxygens (including phenoxy) is 3. The van der Waals surface area contributed by atoms with Gasteiger partial charge < -0.3 is 19.1 Å². The Bertz CT molecular complexity index is 1800. The molecule has 214 valence electrons. The van der Waals surface area contributed by atoms with Gasteiger partial charge in [0.2, 0.25) is 0 Å². The van der Waals surface area contributed by atoms with E-state index in [1.807, 2.05) is 72.8 Å². The van der Waals surface area contributed by atoms with Crippen LogP contribution in [0.25, 0.3) is 11.8 Å². The van der Waals surface area contributed by atoms with Crippen LogP contribution in [0.1, 0.15) is 29.7 Å². The molecule has 1 aromatic heterocycles. The van der Waals surface area contributed by atoms with Gasteiger partial charge in [-0.25, -0.2) is 9.79 Å². The minimum Gasteiger partial charge on any atom is -0.497 e. The van der Waals surface area contributed by atoms with Crippen LogP contribution < -0.4 is 24.5 Å². The third-order valence-corrected chi connectivity index (χ3v) is 8.33. The number of benzene rings is 3. The fourth-order valence-electron chi connectivity index (χ4n) is 5.32. The fraction of sp³-hybridized carbons (Fsp3) is 0.242. The summed E-state index contributed by atoms with van der Waals surface area (Å²) in [6.45, 7) is 5.11. The van der Waals surface area contributed by atoms with Gasteiger partial charge in [-0.3, -0.25) is 9.36 Å². The Morgan fingerprint density at radius 1 is 1.05 bits per heavy atom. The topological polar surface area (TPSA) is 82.4 Å². The van der Waals surface area contributed by atoms with Gasteiger partial charge in [0.25, 0.3) is 5.56 Å². The van der Waals surface area contributed by atoms with Crippen LogP contribution in [0.5, 0.6) is 5.75 Å². The largest absolute Gasteiger partial charge is 0.497 e. The van der Waals surface area contributed by atoms with E-state index in [2.05, 4.69) is 17.0 Å². The van der Waals surface area contributed by atoms with Crippen molar-refractivity contribution >= 4 is 34.8 Å². The van der Waals surface area contributed by atoms with Gasteiger partial charge in [0, 0.05) is 24.3 Å². The van der Waals surface area contributed by atoms with Crippen molar-refractivity contribution in [3.8, 4) is 5.75 Å². The zero-order valence-corrected chi connectivity index (χ0v) is 24.3. The molecule has 0 spiro atoms. The number of methoxy groups -OCH3 is 1. The van der Waals surface area contributed by atoms with Crippen molar-refractivity contribution in [1.29, 1.82) is 0 Å². The summed E-state index contributed by atoms with van der Waals surface area (Å²) in [4.78, 5) is 35.4. The Morgan fingerprint density at radius 3 is 2.52 bits per heavy atom. The van der Waals surface area contributed by atoms with E-state index in [0.29, 0.717) is 26.4 Å². The lowest BCUT2D eigenvalue weighted by molar-refractivity contribution is -0.138. The van der Waals surface area contributed by atoms with Crippen molar-refractivity contribution < 1.29 is 19.0 Å². The third kappa shape index (κ3) is 5.41. The lowest BCUT2D eigenvalue weighted by Crippen LogP contribution is -2.40. The Balaban J connectivity index is 1.53. The van der Waals surface area contributed by atoms with Gasteiger partial charge in [-0.1, -0.05) is 65.9 Å². The molecule has 2 aliphatic rings. The number of carbonyl (C=O) groups excluding carboxylic acids is 1. The predicted octanol–water partition coefficient (Wildman–Crippen LogP) is 3.78. The van der Waals surface area contributed by atoms with E-state index in [9.17, 15) is 9.59 Å². The molecule has 6 rings (SSSR count). The van der Waals surface area contributed by atoms with Crippen LogP contribution in [0.2, 0.25) is 0 Å². The molecular formula is C33H31N3O5S. The van der Waals surface area contributed by atoms with Crippen LogP contribution in [0, 0.1) is 0 Å². The maximum atomic E-state index is 14.1. The van der Waals surface area contributed by atoms with Crippen molar-refractivity contribution in [2.45, 2.75) is 13.0 Å². The van der Waals surface area contributed by atoms with Crippen LogP contribution in [-0.4, -0.2) is 50.6 Å². The summed E-state index contributed by atoms with van der Waals surface area (Å²) in [6, 6.07) is 24.4. The molecular weight excluding hydrogens is 550 g/mol. The van der Waals surface area contributed by atoms with Crippen LogP contribution >= 0.6 is 11.3 Å². The van der Waals surface area contributed by atoms with Gasteiger partial charge >= 0.3 is 5.97 Å². The smallest absolute Gasteiger partial charge is 0.338 e. The summed E-state index contributed by atoms with van der Waals surface area (Å²) in [6.07, 6.45) is 1.88. The van der Waals surface area contributed by atoms with Crippen molar-refractivity contribution in [1.82, 2.24) is 4.57 Å². The number of rotatable bonds is 7. The monoisotopic (exact) mass is 581 g/mol. The first-order valence-electron chi connectivity index (χ1n) is 13.9. The second kappa shape index (κ2) is 12.2. The summed E-state index contributed by atoms with van der Waals surface area (Å²) in [5.74, 6) is 0.109. The maximum absolute atomic E-state index is 14.1. The first-order chi connectivity index (χ1) is 20.6. The number of carbonyl (C=O) groups is 1. The van der Waals surface area contributed by atoms with Gasteiger partial charge in [-0.15, -0.1) is 0 Å². The highest BCUT2D eigenvalue weighted by molar-refractivity contribution is 7.07. The highest BCUT2D eigenvalue weighted by Gasteiger charge is 2.35. The van der Waals surface area contributed by atoms with Crippen LogP contribution in [0.15, 0.2) is 94.2 Å². The molecule has 1 fully saturated rings. The van der Waals surface area contributed by atoms with E-state index in [4.69, 9.17) is 19.2 Å². The summed E-state index contributed by atoms with van der Waals surface area (Å²) >= 11 is 1.31. The number of aromatic nitrogens is 1. The molecule has 0 bridgehead atoms. The number of anilines is 1. The van der Waals surface area contributed by atoms with Crippen LogP contribution in [-0.2, 0) is 14.3 Å². The normalized spacial score (nSPS) is 17.0. The Morgan fingerprint density at radius 2 is 1.81 bits per heavy atom. The number of hydrogen-bond acceptors (Lipinski definition) is 8.